The highest BCUT2D eigenvalue weighted by Gasteiger charge is 2.13. The highest BCUT2D eigenvalue weighted by Crippen LogP contribution is 2.27. The van der Waals surface area contributed by atoms with Crippen LogP contribution in [0.25, 0.3) is 23.0 Å². The largest absolute Gasteiger partial charge is 0.289 e. The second-order valence-corrected chi connectivity index (χ2v) is 6.46. The van der Waals surface area contributed by atoms with Crippen molar-refractivity contribution >= 4 is 17.5 Å². The molecule has 0 bridgehead atoms. The van der Waals surface area contributed by atoms with Crippen LogP contribution in [-0.4, -0.2) is 25.5 Å². The van der Waals surface area contributed by atoms with E-state index in [2.05, 4.69) is 10.1 Å². The molecule has 2 aromatic carbocycles. The van der Waals surface area contributed by atoms with Gasteiger partial charge in [0.2, 0.25) is 0 Å². The van der Waals surface area contributed by atoms with Gasteiger partial charge in [-0.2, -0.15) is 5.10 Å². The van der Waals surface area contributed by atoms with E-state index in [1.54, 1.807) is 41.2 Å². The highest BCUT2D eigenvalue weighted by molar-refractivity contribution is 6.06. The molecule has 0 unspecified atom stereocenters. The van der Waals surface area contributed by atoms with Crippen molar-refractivity contribution in [2.45, 2.75) is 0 Å². The van der Waals surface area contributed by atoms with Gasteiger partial charge in [0, 0.05) is 47.4 Å². The molecule has 0 amide bonds. The number of carbonyl (C=O) groups excluding carboxylic acids is 1. The topological polar surface area (TPSA) is 90.9 Å². The van der Waals surface area contributed by atoms with Crippen LogP contribution in [0, 0.1) is 10.1 Å². The molecule has 0 saturated carbocycles. The van der Waals surface area contributed by atoms with Gasteiger partial charge >= 0.3 is 0 Å². The van der Waals surface area contributed by atoms with Gasteiger partial charge in [-0.1, -0.05) is 18.2 Å². The van der Waals surface area contributed by atoms with Crippen molar-refractivity contribution in [1.82, 2.24) is 14.8 Å². The van der Waals surface area contributed by atoms with Crippen LogP contribution in [0.3, 0.4) is 0 Å². The number of nitro groups is 1. The molecule has 0 radical (unpaired) electrons. The lowest BCUT2D eigenvalue weighted by atomic mass is 10.1. The Hall–Kier alpha value is -4.39. The predicted octanol–water partition coefficient (Wildman–Crippen LogP) is 4.74. The summed E-state index contributed by atoms with van der Waals surface area (Å²) in [6.07, 6.45) is 8.10. The summed E-state index contributed by atoms with van der Waals surface area (Å²) in [7, 11) is 0. The van der Waals surface area contributed by atoms with Crippen molar-refractivity contribution in [2.75, 3.05) is 0 Å². The van der Waals surface area contributed by atoms with Crippen LogP contribution in [0.4, 0.5) is 5.69 Å². The van der Waals surface area contributed by atoms with Crippen LogP contribution in [-0.2, 0) is 0 Å². The summed E-state index contributed by atoms with van der Waals surface area (Å²) in [6.45, 7) is 0. The Morgan fingerprint density at radius 3 is 2.43 bits per heavy atom. The lowest BCUT2D eigenvalue weighted by Gasteiger charge is -2.00. The van der Waals surface area contributed by atoms with Gasteiger partial charge in [-0.05, 0) is 48.6 Å². The number of ketones is 1. The first-order chi connectivity index (χ1) is 14.6. The van der Waals surface area contributed by atoms with E-state index in [0.29, 0.717) is 22.4 Å². The zero-order chi connectivity index (χ0) is 20.9. The number of rotatable bonds is 6. The number of benzene rings is 2. The Balaban J connectivity index is 1.74. The summed E-state index contributed by atoms with van der Waals surface area (Å²) in [5.41, 5.74) is 3.39. The van der Waals surface area contributed by atoms with Crippen LogP contribution in [0.15, 0.2) is 91.4 Å². The molecule has 0 fully saturated rings. The number of para-hydroxylation sites is 1. The quantitative estimate of drug-likeness (QED) is 0.203. The fourth-order valence-electron chi connectivity index (χ4n) is 2.96. The van der Waals surface area contributed by atoms with Crippen molar-refractivity contribution in [2.24, 2.45) is 0 Å². The third-order valence-electron chi connectivity index (χ3n) is 4.48. The molecule has 2 aromatic heterocycles. The lowest BCUT2D eigenvalue weighted by molar-refractivity contribution is -0.384. The third kappa shape index (κ3) is 4.05. The van der Waals surface area contributed by atoms with Crippen LogP contribution in [0.5, 0.6) is 0 Å². The van der Waals surface area contributed by atoms with E-state index in [4.69, 9.17) is 0 Å². The van der Waals surface area contributed by atoms with E-state index in [-0.39, 0.29) is 11.5 Å². The molecule has 146 valence electrons. The second-order valence-electron chi connectivity index (χ2n) is 6.46. The lowest BCUT2D eigenvalue weighted by Crippen LogP contribution is -1.94. The summed E-state index contributed by atoms with van der Waals surface area (Å²) in [6, 6.07) is 19.1. The van der Waals surface area contributed by atoms with E-state index in [1.807, 2.05) is 36.5 Å². The number of carbonyl (C=O) groups is 1. The minimum Gasteiger partial charge on any atom is -0.289 e. The summed E-state index contributed by atoms with van der Waals surface area (Å²) in [5, 5.41) is 15.6. The zero-order valence-corrected chi connectivity index (χ0v) is 15.8. The van der Waals surface area contributed by atoms with Crippen LogP contribution in [0.2, 0.25) is 0 Å². The Kier molecular flexibility index (Phi) is 5.25. The van der Waals surface area contributed by atoms with E-state index < -0.39 is 4.92 Å². The van der Waals surface area contributed by atoms with Gasteiger partial charge in [0.25, 0.3) is 5.69 Å². The minimum atomic E-state index is -0.445. The summed E-state index contributed by atoms with van der Waals surface area (Å²) in [5.74, 6) is -0.176. The molecule has 0 atom stereocenters. The zero-order valence-electron chi connectivity index (χ0n) is 15.8. The molecule has 4 aromatic rings. The van der Waals surface area contributed by atoms with Gasteiger partial charge in [-0.3, -0.25) is 19.9 Å². The van der Waals surface area contributed by atoms with E-state index >= 15 is 0 Å². The SMILES string of the molecule is O=C(/C=C/c1cn(-c2ccccc2)nc1-c1ccc([N+](=O)[O-])cc1)c1cccnc1. The summed E-state index contributed by atoms with van der Waals surface area (Å²) >= 11 is 0. The molecule has 0 spiro atoms. The fourth-order valence-corrected chi connectivity index (χ4v) is 2.96. The van der Waals surface area contributed by atoms with Crippen molar-refractivity contribution in [3.63, 3.8) is 0 Å². The van der Waals surface area contributed by atoms with Gasteiger partial charge in [0.05, 0.1) is 16.3 Å². The summed E-state index contributed by atoms with van der Waals surface area (Å²) < 4.78 is 1.71. The second kappa shape index (κ2) is 8.32. The van der Waals surface area contributed by atoms with Gasteiger partial charge in [0.15, 0.2) is 5.78 Å². The molecule has 0 saturated heterocycles. The van der Waals surface area contributed by atoms with E-state index in [1.165, 1.54) is 24.4 Å². The minimum absolute atomic E-state index is 0.00471. The van der Waals surface area contributed by atoms with Crippen molar-refractivity contribution in [1.29, 1.82) is 0 Å². The number of nitrogens with zero attached hydrogens (tertiary/aromatic N) is 4. The van der Waals surface area contributed by atoms with Gasteiger partial charge < -0.3 is 0 Å². The monoisotopic (exact) mass is 396 g/mol. The molecule has 30 heavy (non-hydrogen) atoms. The smallest absolute Gasteiger partial charge is 0.269 e. The maximum Gasteiger partial charge on any atom is 0.269 e. The van der Waals surface area contributed by atoms with Gasteiger partial charge in [-0.25, -0.2) is 4.68 Å². The molecule has 0 aliphatic rings. The average molecular weight is 396 g/mol. The number of allylic oxidation sites excluding steroid dienone is 1. The molecule has 0 aliphatic heterocycles. The van der Waals surface area contributed by atoms with Crippen molar-refractivity contribution < 1.29 is 9.72 Å². The molecule has 7 nitrogen and oxygen atoms in total. The Morgan fingerprint density at radius 2 is 1.77 bits per heavy atom. The summed E-state index contributed by atoms with van der Waals surface area (Å²) in [4.78, 5) is 26.9. The highest BCUT2D eigenvalue weighted by atomic mass is 16.6. The van der Waals surface area contributed by atoms with E-state index in [0.717, 1.165) is 5.69 Å². The van der Waals surface area contributed by atoms with Crippen LogP contribution >= 0.6 is 0 Å². The predicted molar refractivity (Wildman–Crippen MR) is 113 cm³/mol. The maximum atomic E-state index is 12.4. The molecular weight excluding hydrogens is 380 g/mol. The molecule has 0 N–H and O–H groups in total. The van der Waals surface area contributed by atoms with Crippen LogP contribution < -0.4 is 0 Å². The average Bonchev–Trinajstić information content (AvgIpc) is 3.23. The van der Waals surface area contributed by atoms with Gasteiger partial charge in [0.1, 0.15) is 0 Å². The first-order valence-corrected chi connectivity index (χ1v) is 9.14. The molecule has 4 rings (SSSR count). The standard InChI is InChI=1S/C23H16N4O3/c28-22(18-5-4-14-24-15-18)13-10-19-16-26(20-6-2-1-3-7-20)25-23(19)17-8-11-21(12-9-17)27(29)30/h1-16H/b13-10+. The van der Waals surface area contributed by atoms with Crippen LogP contribution in [0.1, 0.15) is 15.9 Å². The fraction of sp³-hybridized carbons (Fsp3) is 0. The first-order valence-electron chi connectivity index (χ1n) is 9.14. The normalized spacial score (nSPS) is 10.9. The maximum absolute atomic E-state index is 12.4. The first kappa shape index (κ1) is 18.9. The number of nitro benzene ring substituents is 1. The number of aromatic nitrogens is 3. The number of non-ortho nitro benzene ring substituents is 1. The third-order valence-corrected chi connectivity index (χ3v) is 4.48. The molecule has 0 aliphatic carbocycles. The number of hydrogen-bond acceptors (Lipinski definition) is 5. The van der Waals surface area contributed by atoms with Crippen molar-refractivity contribution in [3.8, 4) is 16.9 Å². The Morgan fingerprint density at radius 1 is 1.00 bits per heavy atom. The Labute approximate surface area is 172 Å². The van der Waals surface area contributed by atoms with E-state index in [9.17, 15) is 14.9 Å². The van der Waals surface area contributed by atoms with Crippen molar-refractivity contribution in [3.05, 3.63) is 113 Å². The number of pyridine rings is 1. The number of hydrogen-bond donors (Lipinski definition) is 0. The van der Waals surface area contributed by atoms with Gasteiger partial charge in [-0.15, -0.1) is 0 Å². The molecule has 2 heterocycles. The Bertz CT molecular complexity index is 1210. The molecular formula is C23H16N4O3. The molecule has 7 heteroatoms.